The molecule has 0 atom stereocenters. The first kappa shape index (κ1) is 14.2. The van der Waals surface area contributed by atoms with E-state index in [0.29, 0.717) is 17.8 Å². The van der Waals surface area contributed by atoms with Gasteiger partial charge in [-0.25, -0.2) is 4.39 Å². The predicted octanol–water partition coefficient (Wildman–Crippen LogP) is 0.908. The molecule has 5 heteroatoms. The highest BCUT2D eigenvalue weighted by Crippen LogP contribution is 2.15. The summed E-state index contributed by atoms with van der Waals surface area (Å²) in [6.45, 7) is 5.35. The van der Waals surface area contributed by atoms with Gasteiger partial charge >= 0.3 is 0 Å². The molecule has 0 aliphatic carbocycles. The van der Waals surface area contributed by atoms with Gasteiger partial charge in [0.2, 0.25) is 0 Å². The second kappa shape index (κ2) is 6.84. The molecule has 0 aromatic heterocycles. The molecule has 0 unspecified atom stereocenters. The quantitative estimate of drug-likeness (QED) is 0.796. The highest BCUT2D eigenvalue weighted by atomic mass is 19.1. The Morgan fingerprint density at radius 2 is 1.89 bits per heavy atom. The Bertz CT molecular complexity index is 414. The lowest BCUT2D eigenvalue weighted by atomic mass is 10.1. The maximum Gasteiger partial charge on any atom is 0.129 e. The first-order chi connectivity index (χ1) is 9.19. The average Bonchev–Trinajstić information content (AvgIpc) is 2.59. The molecule has 1 fully saturated rings. The van der Waals surface area contributed by atoms with E-state index >= 15 is 0 Å². The lowest BCUT2D eigenvalue weighted by Crippen LogP contribution is -2.32. The van der Waals surface area contributed by atoms with Crippen LogP contribution in [-0.4, -0.2) is 54.2 Å². The molecule has 4 nitrogen and oxygen atoms in total. The zero-order valence-corrected chi connectivity index (χ0v) is 11.2. The van der Waals surface area contributed by atoms with Crippen LogP contribution in [0.1, 0.15) is 12.0 Å². The minimum Gasteiger partial charge on any atom is -0.399 e. The highest BCUT2D eigenvalue weighted by molar-refractivity contribution is 5.40. The molecule has 3 N–H and O–H groups in total. The van der Waals surface area contributed by atoms with Crippen LogP contribution in [0.2, 0.25) is 0 Å². The molecule has 0 radical (unpaired) electrons. The molecule has 1 heterocycles. The van der Waals surface area contributed by atoms with E-state index in [9.17, 15) is 4.39 Å². The van der Waals surface area contributed by atoms with Gasteiger partial charge in [0.15, 0.2) is 0 Å². The lowest BCUT2D eigenvalue weighted by molar-refractivity contribution is 0.195. The Labute approximate surface area is 113 Å². The number of β-amino-alcohol motifs (C(OH)–C–C–N with tert-alkyl or cyclic N) is 1. The third-order valence-corrected chi connectivity index (χ3v) is 3.57. The molecule has 1 aliphatic rings. The molecule has 1 aromatic carbocycles. The summed E-state index contributed by atoms with van der Waals surface area (Å²) >= 11 is 0. The number of hydrogen-bond acceptors (Lipinski definition) is 4. The number of benzene rings is 1. The molecular formula is C14H22FN3O. The Kier molecular flexibility index (Phi) is 5.13. The second-order valence-electron chi connectivity index (χ2n) is 5.05. The molecule has 1 aliphatic heterocycles. The van der Waals surface area contributed by atoms with E-state index < -0.39 is 0 Å². The molecular weight excluding hydrogens is 245 g/mol. The van der Waals surface area contributed by atoms with E-state index in [1.807, 2.05) is 0 Å². The summed E-state index contributed by atoms with van der Waals surface area (Å²) in [5, 5.41) is 8.96. The van der Waals surface area contributed by atoms with Crippen molar-refractivity contribution in [1.29, 1.82) is 0 Å². The van der Waals surface area contributed by atoms with Crippen LogP contribution in [0.4, 0.5) is 10.1 Å². The molecule has 0 amide bonds. The van der Waals surface area contributed by atoms with Crippen molar-refractivity contribution >= 4 is 5.69 Å². The molecule has 0 saturated carbocycles. The fourth-order valence-corrected chi connectivity index (χ4v) is 2.48. The van der Waals surface area contributed by atoms with Crippen LogP contribution in [0.3, 0.4) is 0 Å². The van der Waals surface area contributed by atoms with Crippen molar-refractivity contribution in [3.05, 3.63) is 29.6 Å². The average molecular weight is 267 g/mol. The molecule has 0 bridgehead atoms. The molecule has 0 spiro atoms. The number of rotatable bonds is 4. The first-order valence-electron chi connectivity index (χ1n) is 6.78. The van der Waals surface area contributed by atoms with Gasteiger partial charge < -0.3 is 10.8 Å². The zero-order chi connectivity index (χ0) is 13.7. The maximum absolute atomic E-state index is 13.8. The summed E-state index contributed by atoms with van der Waals surface area (Å²) in [5.74, 6) is -0.225. The lowest BCUT2D eigenvalue weighted by Gasteiger charge is -2.21. The third-order valence-electron chi connectivity index (χ3n) is 3.57. The van der Waals surface area contributed by atoms with Gasteiger partial charge in [-0.3, -0.25) is 9.80 Å². The fourth-order valence-electron chi connectivity index (χ4n) is 2.48. The van der Waals surface area contributed by atoms with Crippen molar-refractivity contribution in [3.63, 3.8) is 0 Å². The predicted molar refractivity (Wildman–Crippen MR) is 74.2 cm³/mol. The van der Waals surface area contributed by atoms with Gasteiger partial charge in [0.05, 0.1) is 6.61 Å². The van der Waals surface area contributed by atoms with E-state index in [2.05, 4.69) is 9.80 Å². The van der Waals surface area contributed by atoms with Gasteiger partial charge in [-0.15, -0.1) is 0 Å². The molecule has 2 rings (SSSR count). The van der Waals surface area contributed by atoms with Gasteiger partial charge in [-0.2, -0.15) is 0 Å². The number of hydrogen-bond donors (Lipinski definition) is 2. The van der Waals surface area contributed by atoms with Crippen LogP contribution in [0.5, 0.6) is 0 Å². The fraction of sp³-hybridized carbons (Fsp3) is 0.571. The molecule has 19 heavy (non-hydrogen) atoms. The number of anilines is 1. The van der Waals surface area contributed by atoms with Crippen molar-refractivity contribution in [3.8, 4) is 0 Å². The first-order valence-corrected chi connectivity index (χ1v) is 6.78. The van der Waals surface area contributed by atoms with E-state index in [1.165, 1.54) is 6.07 Å². The number of aliphatic hydroxyl groups excluding tert-OH is 1. The van der Waals surface area contributed by atoms with Crippen LogP contribution in [0.25, 0.3) is 0 Å². The Morgan fingerprint density at radius 1 is 1.16 bits per heavy atom. The van der Waals surface area contributed by atoms with Gasteiger partial charge in [0.25, 0.3) is 0 Å². The zero-order valence-electron chi connectivity index (χ0n) is 11.2. The van der Waals surface area contributed by atoms with Crippen LogP contribution in [-0.2, 0) is 6.54 Å². The molecule has 1 aromatic rings. The number of halogens is 1. The van der Waals surface area contributed by atoms with Gasteiger partial charge in [-0.05, 0) is 31.6 Å². The maximum atomic E-state index is 13.8. The largest absolute Gasteiger partial charge is 0.399 e. The van der Waals surface area contributed by atoms with E-state index in [-0.39, 0.29) is 12.4 Å². The Hall–Kier alpha value is -1.17. The second-order valence-corrected chi connectivity index (χ2v) is 5.05. The minimum atomic E-state index is -0.225. The Morgan fingerprint density at radius 3 is 2.63 bits per heavy atom. The summed E-state index contributed by atoms with van der Waals surface area (Å²) in [4.78, 5) is 4.51. The van der Waals surface area contributed by atoms with E-state index in [4.69, 9.17) is 10.8 Å². The molecule has 1 saturated heterocycles. The Balaban J connectivity index is 1.92. The summed E-state index contributed by atoms with van der Waals surface area (Å²) < 4.78 is 13.8. The number of aliphatic hydroxyl groups is 1. The van der Waals surface area contributed by atoms with Crippen LogP contribution in [0.15, 0.2) is 18.2 Å². The van der Waals surface area contributed by atoms with Crippen LogP contribution in [0, 0.1) is 5.82 Å². The van der Waals surface area contributed by atoms with Crippen LogP contribution >= 0.6 is 0 Å². The van der Waals surface area contributed by atoms with E-state index in [0.717, 1.165) is 39.1 Å². The molecule has 106 valence electrons. The third kappa shape index (κ3) is 4.16. The van der Waals surface area contributed by atoms with Crippen LogP contribution < -0.4 is 5.73 Å². The smallest absolute Gasteiger partial charge is 0.129 e. The highest BCUT2D eigenvalue weighted by Gasteiger charge is 2.15. The van der Waals surface area contributed by atoms with Crippen molar-refractivity contribution in [2.24, 2.45) is 0 Å². The summed E-state index contributed by atoms with van der Waals surface area (Å²) in [6.07, 6.45) is 1.05. The SMILES string of the molecule is Nc1ccc(CN2CCCN(CCO)CC2)c(F)c1. The van der Waals surface area contributed by atoms with Crippen molar-refractivity contribution in [2.75, 3.05) is 45.1 Å². The van der Waals surface area contributed by atoms with Crippen molar-refractivity contribution in [2.45, 2.75) is 13.0 Å². The van der Waals surface area contributed by atoms with Gasteiger partial charge in [-0.1, -0.05) is 6.07 Å². The number of nitrogens with two attached hydrogens (primary N) is 1. The summed E-state index contributed by atoms with van der Waals surface area (Å²) in [5.41, 5.74) is 6.72. The summed E-state index contributed by atoms with van der Waals surface area (Å²) in [6, 6.07) is 4.89. The van der Waals surface area contributed by atoms with Crippen molar-refractivity contribution < 1.29 is 9.50 Å². The monoisotopic (exact) mass is 267 g/mol. The van der Waals surface area contributed by atoms with E-state index in [1.54, 1.807) is 12.1 Å². The number of nitrogens with zero attached hydrogens (tertiary/aromatic N) is 2. The normalized spacial score (nSPS) is 18.4. The van der Waals surface area contributed by atoms with Gasteiger partial charge in [0.1, 0.15) is 5.82 Å². The van der Waals surface area contributed by atoms with Crippen molar-refractivity contribution in [1.82, 2.24) is 9.80 Å². The number of nitrogen functional groups attached to an aromatic ring is 1. The minimum absolute atomic E-state index is 0.201. The topological polar surface area (TPSA) is 52.7 Å². The van der Waals surface area contributed by atoms with Gasteiger partial charge in [0, 0.05) is 37.4 Å². The summed E-state index contributed by atoms with van der Waals surface area (Å²) in [7, 11) is 0. The standard InChI is InChI=1S/C14H22FN3O/c15-14-10-13(16)3-2-12(14)11-18-5-1-4-17(6-7-18)8-9-19/h2-3,10,19H,1,4-9,11,16H2.